The van der Waals surface area contributed by atoms with Crippen LogP contribution in [0, 0.1) is 5.92 Å². The number of carbonyl (C=O) groups excluding carboxylic acids is 1. The summed E-state index contributed by atoms with van der Waals surface area (Å²) in [4.78, 5) is 21.0. The summed E-state index contributed by atoms with van der Waals surface area (Å²) in [6.45, 7) is 3.84. The molecule has 0 fully saturated rings. The lowest BCUT2D eigenvalue weighted by atomic mass is 9.99. The summed E-state index contributed by atoms with van der Waals surface area (Å²) in [5.74, 6) is -0.652. The molecule has 2 atom stereocenters. The largest absolute Gasteiger partial charge is 0.548 e. The van der Waals surface area contributed by atoms with Gasteiger partial charge in [0.2, 0.25) is 0 Å². The first-order valence-corrected chi connectivity index (χ1v) is 8.74. The first-order valence-electron chi connectivity index (χ1n) is 7.86. The van der Waals surface area contributed by atoms with Crippen LogP contribution in [-0.4, -0.2) is 22.0 Å². The third-order valence-electron chi connectivity index (χ3n) is 4.21. The van der Waals surface area contributed by atoms with Crippen molar-refractivity contribution in [2.75, 3.05) is 5.32 Å². The molecule has 24 heavy (non-hydrogen) atoms. The monoisotopic (exact) mass is 340 g/mol. The zero-order valence-electron chi connectivity index (χ0n) is 13.5. The number of fused-ring (bicyclic) bond motifs is 1. The fraction of sp³-hybridized carbons (Fsp3) is 0.278. The summed E-state index contributed by atoms with van der Waals surface area (Å²) >= 11 is 1.52. The number of rotatable bonds is 6. The molecule has 3 rings (SSSR count). The molecule has 0 unspecified atom stereocenters. The van der Waals surface area contributed by atoms with Gasteiger partial charge >= 0.3 is 0 Å². The molecule has 2 aromatic heterocycles. The number of aromatic nitrogens is 2. The van der Waals surface area contributed by atoms with Gasteiger partial charge in [-0.05, 0) is 11.5 Å². The van der Waals surface area contributed by atoms with E-state index in [0.717, 1.165) is 27.8 Å². The van der Waals surface area contributed by atoms with Crippen molar-refractivity contribution in [1.82, 2.24) is 9.97 Å². The van der Waals surface area contributed by atoms with Gasteiger partial charge in [-0.15, -0.1) is 11.3 Å². The van der Waals surface area contributed by atoms with Crippen LogP contribution < -0.4 is 10.4 Å². The Kier molecular flexibility index (Phi) is 4.76. The summed E-state index contributed by atoms with van der Waals surface area (Å²) in [5.41, 5.74) is 2.05. The molecule has 0 saturated heterocycles. The molecule has 0 bridgehead atoms. The molecule has 0 saturated carbocycles. The summed E-state index contributed by atoms with van der Waals surface area (Å²) in [5, 5.41) is 17.5. The maximum absolute atomic E-state index is 11.5. The van der Waals surface area contributed by atoms with E-state index in [1.807, 2.05) is 49.6 Å². The van der Waals surface area contributed by atoms with Crippen molar-refractivity contribution < 1.29 is 9.90 Å². The number of anilines is 1. The van der Waals surface area contributed by atoms with Gasteiger partial charge in [-0.1, -0.05) is 50.6 Å². The maximum atomic E-state index is 11.5. The zero-order chi connectivity index (χ0) is 17.1. The van der Waals surface area contributed by atoms with E-state index in [4.69, 9.17) is 0 Å². The number of carboxylic acids is 1. The molecule has 1 aromatic carbocycles. The average Bonchev–Trinajstić information content (AvgIpc) is 3.04. The lowest BCUT2D eigenvalue weighted by molar-refractivity contribution is -0.307. The van der Waals surface area contributed by atoms with Crippen LogP contribution in [-0.2, 0) is 4.79 Å². The van der Waals surface area contributed by atoms with Crippen molar-refractivity contribution in [2.45, 2.75) is 26.3 Å². The van der Waals surface area contributed by atoms with Gasteiger partial charge in [0.05, 0.1) is 17.4 Å². The predicted molar refractivity (Wildman–Crippen MR) is 94.7 cm³/mol. The summed E-state index contributed by atoms with van der Waals surface area (Å²) in [6.07, 6.45) is 2.19. The van der Waals surface area contributed by atoms with Crippen LogP contribution in [0.3, 0.4) is 0 Å². The Labute approximate surface area is 144 Å². The number of hydrogen-bond acceptors (Lipinski definition) is 6. The molecule has 0 radical (unpaired) electrons. The standard InChI is InChI=1S/C18H19N3O2S/c1-3-11(2)15(18(22)23)21-16-14-13(12-7-5-4-6-8-12)9-24-17(14)20-10-19-16/h4-11,15H,3H2,1-2H3,(H,22,23)(H,19,20,21)/p-1/t11-,15-/m0/s1. The van der Waals surface area contributed by atoms with Crippen LogP contribution in [0.15, 0.2) is 42.0 Å². The number of nitrogens with zero attached hydrogens (tertiary/aromatic N) is 2. The molecule has 0 spiro atoms. The fourth-order valence-corrected chi connectivity index (χ4v) is 3.55. The van der Waals surface area contributed by atoms with Crippen molar-refractivity contribution in [1.29, 1.82) is 0 Å². The molecule has 2 heterocycles. The van der Waals surface area contributed by atoms with Gasteiger partial charge in [-0.2, -0.15) is 0 Å². The van der Waals surface area contributed by atoms with Crippen LogP contribution in [0.2, 0.25) is 0 Å². The topological polar surface area (TPSA) is 77.9 Å². The van der Waals surface area contributed by atoms with E-state index in [1.54, 1.807) is 0 Å². The fourth-order valence-electron chi connectivity index (χ4n) is 2.63. The highest BCUT2D eigenvalue weighted by atomic mass is 32.1. The van der Waals surface area contributed by atoms with Gasteiger partial charge in [0.1, 0.15) is 17.0 Å². The number of carboxylic acid groups (broad SMARTS) is 1. The molecule has 3 aromatic rings. The second-order valence-electron chi connectivity index (χ2n) is 5.74. The smallest absolute Gasteiger partial charge is 0.139 e. The molecule has 124 valence electrons. The van der Waals surface area contributed by atoms with E-state index in [9.17, 15) is 9.90 Å². The first kappa shape index (κ1) is 16.4. The van der Waals surface area contributed by atoms with Crippen LogP contribution in [0.1, 0.15) is 20.3 Å². The van der Waals surface area contributed by atoms with E-state index in [-0.39, 0.29) is 5.92 Å². The summed E-state index contributed by atoms with van der Waals surface area (Å²) in [7, 11) is 0. The number of thiophene rings is 1. The maximum Gasteiger partial charge on any atom is 0.139 e. The lowest BCUT2D eigenvalue weighted by Crippen LogP contribution is -2.45. The van der Waals surface area contributed by atoms with Crippen LogP contribution in [0.5, 0.6) is 0 Å². The highest BCUT2D eigenvalue weighted by molar-refractivity contribution is 7.17. The molecule has 1 N–H and O–H groups in total. The zero-order valence-corrected chi connectivity index (χ0v) is 14.3. The predicted octanol–water partition coefficient (Wildman–Crippen LogP) is 2.93. The lowest BCUT2D eigenvalue weighted by Gasteiger charge is -2.26. The Bertz CT molecular complexity index is 848. The molecule has 0 aliphatic carbocycles. The Balaban J connectivity index is 2.08. The SMILES string of the molecule is CC[C@H](C)[C@H](Nc1ncnc2scc(-c3ccccc3)c12)C(=O)[O-]. The van der Waals surface area contributed by atoms with Crippen molar-refractivity contribution in [2.24, 2.45) is 5.92 Å². The van der Waals surface area contributed by atoms with Crippen LogP contribution in [0.4, 0.5) is 5.82 Å². The number of hydrogen-bond donors (Lipinski definition) is 1. The molecule has 0 aliphatic heterocycles. The molecule has 6 heteroatoms. The second-order valence-corrected chi connectivity index (χ2v) is 6.60. The van der Waals surface area contributed by atoms with E-state index < -0.39 is 12.0 Å². The highest BCUT2D eigenvalue weighted by Crippen LogP contribution is 2.36. The Morgan fingerprint density at radius 2 is 2.04 bits per heavy atom. The van der Waals surface area contributed by atoms with Crippen molar-refractivity contribution >= 4 is 33.3 Å². The van der Waals surface area contributed by atoms with E-state index in [2.05, 4.69) is 15.3 Å². The molecular weight excluding hydrogens is 322 g/mol. The van der Waals surface area contributed by atoms with Gasteiger partial charge < -0.3 is 15.2 Å². The molecular formula is C18H18N3O2S-. The van der Waals surface area contributed by atoms with Gasteiger partial charge in [-0.3, -0.25) is 0 Å². The Morgan fingerprint density at radius 1 is 1.29 bits per heavy atom. The molecule has 5 nitrogen and oxygen atoms in total. The number of benzene rings is 1. The number of aliphatic carboxylic acids is 1. The number of carbonyl (C=O) groups is 1. The van der Waals surface area contributed by atoms with Gasteiger partial charge in [0, 0.05) is 10.9 Å². The van der Waals surface area contributed by atoms with Crippen molar-refractivity contribution in [3.8, 4) is 11.1 Å². The number of nitrogens with one attached hydrogen (secondary N) is 1. The second kappa shape index (κ2) is 6.97. The Morgan fingerprint density at radius 3 is 2.71 bits per heavy atom. The third kappa shape index (κ3) is 3.10. The van der Waals surface area contributed by atoms with E-state index in [0.29, 0.717) is 5.82 Å². The minimum Gasteiger partial charge on any atom is -0.548 e. The van der Waals surface area contributed by atoms with Crippen molar-refractivity contribution in [3.05, 3.63) is 42.0 Å². The quantitative estimate of drug-likeness (QED) is 0.746. The van der Waals surface area contributed by atoms with Gasteiger partial charge in [-0.25, -0.2) is 9.97 Å². The minimum absolute atomic E-state index is 0.0705. The molecule has 0 aliphatic rings. The highest BCUT2D eigenvalue weighted by Gasteiger charge is 2.20. The summed E-state index contributed by atoms with van der Waals surface area (Å²) < 4.78 is 0. The Hall–Kier alpha value is -2.47. The van der Waals surface area contributed by atoms with Crippen molar-refractivity contribution in [3.63, 3.8) is 0 Å². The average molecular weight is 340 g/mol. The third-order valence-corrected chi connectivity index (χ3v) is 5.10. The minimum atomic E-state index is -1.12. The van der Waals surface area contributed by atoms with E-state index >= 15 is 0 Å². The molecule has 0 amide bonds. The van der Waals surface area contributed by atoms with E-state index in [1.165, 1.54) is 17.7 Å². The first-order chi connectivity index (χ1) is 11.6. The summed E-state index contributed by atoms with van der Waals surface area (Å²) in [6, 6.07) is 9.14. The van der Waals surface area contributed by atoms with Gasteiger partial charge in [0.15, 0.2) is 0 Å². The van der Waals surface area contributed by atoms with Crippen LogP contribution in [0.25, 0.3) is 21.3 Å². The normalized spacial score (nSPS) is 13.6. The van der Waals surface area contributed by atoms with Gasteiger partial charge in [0.25, 0.3) is 0 Å². The van der Waals surface area contributed by atoms with Crippen LogP contribution >= 0.6 is 11.3 Å².